The largest absolute Gasteiger partial charge is 0.494 e. The quantitative estimate of drug-likeness (QED) is 0.222. The molecule has 2 fully saturated rings. The molecule has 0 unspecified atom stereocenters. The molecule has 236 valence electrons. The zero-order valence-corrected chi connectivity index (χ0v) is 26.6. The number of aryl methyl sites for hydroxylation is 1. The monoisotopic (exact) mass is 636 g/mol. The van der Waals surface area contributed by atoms with E-state index in [-0.39, 0.29) is 40.9 Å². The Labute approximate surface area is 261 Å². The predicted molar refractivity (Wildman–Crippen MR) is 170 cm³/mol. The molecule has 1 aliphatic carbocycles. The van der Waals surface area contributed by atoms with Crippen LogP contribution in [0.3, 0.4) is 0 Å². The Bertz CT molecular complexity index is 1890. The van der Waals surface area contributed by atoms with E-state index in [0.717, 1.165) is 18.4 Å². The van der Waals surface area contributed by atoms with E-state index in [1.807, 2.05) is 27.7 Å². The number of benzene rings is 3. The highest BCUT2D eigenvalue weighted by molar-refractivity contribution is 7.92. The highest BCUT2D eigenvalue weighted by atomic mass is 32.2. The molecule has 4 aromatic rings. The van der Waals surface area contributed by atoms with Gasteiger partial charge in [0, 0.05) is 24.1 Å². The first-order chi connectivity index (χ1) is 21.2. The van der Waals surface area contributed by atoms with Crippen molar-refractivity contribution < 1.29 is 35.7 Å². The van der Waals surface area contributed by atoms with Gasteiger partial charge in [-0.3, -0.25) is 9.52 Å². The van der Waals surface area contributed by atoms with Crippen molar-refractivity contribution in [1.82, 2.24) is 5.32 Å². The lowest BCUT2D eigenvalue weighted by atomic mass is 9.78. The molecule has 2 aliphatic rings. The topological polar surface area (TPSA) is 107 Å². The minimum absolute atomic E-state index is 0.0535. The van der Waals surface area contributed by atoms with Gasteiger partial charge >= 0.3 is 7.12 Å². The molecule has 0 atom stereocenters. The molecule has 6 rings (SSSR count). The summed E-state index contributed by atoms with van der Waals surface area (Å²) < 4.78 is 76.2. The standard InChI is InChI=1S/C33H35BF2N2O6S/c1-32(2)33(3,4)44-34(43-32)22-11-8-20(26(36)16-22)14-15-45(40,41)38-27-18-28-25(17-24(27)19-6-7-19)29(31(39)37-5)30(42-28)21-9-12-23(35)13-10-21/h8-13,16-19,38H,6-7,14-15H2,1-5H3,(H,37,39). The first-order valence-corrected chi connectivity index (χ1v) is 16.6. The second-order valence-corrected chi connectivity index (χ2v) is 14.6. The molecular weight excluding hydrogens is 601 g/mol. The van der Waals surface area contributed by atoms with E-state index in [4.69, 9.17) is 13.7 Å². The van der Waals surface area contributed by atoms with E-state index >= 15 is 4.39 Å². The van der Waals surface area contributed by atoms with Crippen LogP contribution in [0.1, 0.15) is 67.9 Å². The number of anilines is 1. The van der Waals surface area contributed by atoms with Crippen LogP contribution in [0, 0.1) is 11.6 Å². The molecule has 1 amide bonds. The molecule has 1 saturated heterocycles. The summed E-state index contributed by atoms with van der Waals surface area (Å²) in [6.07, 6.45) is 1.69. The number of halogens is 2. The van der Waals surface area contributed by atoms with Crippen LogP contribution in [-0.2, 0) is 25.8 Å². The minimum Gasteiger partial charge on any atom is -0.455 e. The van der Waals surface area contributed by atoms with Gasteiger partial charge in [0.1, 0.15) is 23.0 Å². The number of hydrogen-bond acceptors (Lipinski definition) is 6. The number of sulfonamides is 1. The summed E-state index contributed by atoms with van der Waals surface area (Å²) in [4.78, 5) is 13.0. The number of hydrogen-bond donors (Lipinski definition) is 2. The smallest absolute Gasteiger partial charge is 0.455 e. The number of rotatable bonds is 9. The lowest BCUT2D eigenvalue weighted by Crippen LogP contribution is -2.41. The number of fused-ring (bicyclic) bond motifs is 1. The number of amides is 1. The third kappa shape index (κ3) is 6.11. The van der Waals surface area contributed by atoms with Crippen LogP contribution in [0.4, 0.5) is 14.5 Å². The van der Waals surface area contributed by atoms with Gasteiger partial charge in [-0.1, -0.05) is 12.1 Å². The van der Waals surface area contributed by atoms with Gasteiger partial charge in [0.25, 0.3) is 5.91 Å². The van der Waals surface area contributed by atoms with Gasteiger partial charge in [-0.25, -0.2) is 17.2 Å². The van der Waals surface area contributed by atoms with Gasteiger partial charge in [-0.15, -0.1) is 0 Å². The Balaban J connectivity index is 1.25. The molecule has 0 bridgehead atoms. The predicted octanol–water partition coefficient (Wildman–Crippen LogP) is 5.90. The molecular formula is C33H35BF2N2O6S. The molecule has 8 nitrogen and oxygen atoms in total. The van der Waals surface area contributed by atoms with Crippen LogP contribution < -0.4 is 15.5 Å². The van der Waals surface area contributed by atoms with Crippen molar-refractivity contribution in [1.29, 1.82) is 0 Å². The second-order valence-electron chi connectivity index (χ2n) is 12.7. The maximum Gasteiger partial charge on any atom is 0.494 e. The van der Waals surface area contributed by atoms with Gasteiger partial charge in [0.15, 0.2) is 0 Å². The third-order valence-electron chi connectivity index (χ3n) is 8.95. The molecule has 1 aromatic heterocycles. The molecule has 0 spiro atoms. The Kier molecular flexibility index (Phi) is 7.82. The SMILES string of the molecule is CNC(=O)c1c(-c2ccc(F)cc2)oc2cc(NS(=O)(=O)CCc3ccc(B4OC(C)(C)C(C)(C)O4)cc3F)c(C3CC3)cc12. The molecule has 2 N–H and O–H groups in total. The van der Waals surface area contributed by atoms with Gasteiger partial charge in [0.05, 0.1) is 28.2 Å². The Morgan fingerprint density at radius 2 is 1.64 bits per heavy atom. The van der Waals surface area contributed by atoms with E-state index in [2.05, 4.69) is 10.0 Å². The molecule has 12 heteroatoms. The fourth-order valence-electron chi connectivity index (χ4n) is 5.49. The second kappa shape index (κ2) is 11.3. The molecule has 0 radical (unpaired) electrons. The zero-order chi connectivity index (χ0) is 32.3. The van der Waals surface area contributed by atoms with Crippen LogP contribution in [0.15, 0.2) is 59.0 Å². The summed E-state index contributed by atoms with van der Waals surface area (Å²) >= 11 is 0. The molecule has 3 aromatic carbocycles. The van der Waals surface area contributed by atoms with E-state index in [0.29, 0.717) is 27.7 Å². The van der Waals surface area contributed by atoms with Crippen molar-refractivity contribution >= 4 is 45.2 Å². The number of carbonyl (C=O) groups excluding carboxylic acids is 1. The Morgan fingerprint density at radius 1 is 0.978 bits per heavy atom. The van der Waals surface area contributed by atoms with Crippen LogP contribution in [0.5, 0.6) is 0 Å². The van der Waals surface area contributed by atoms with Crippen molar-refractivity contribution in [2.75, 3.05) is 17.5 Å². The van der Waals surface area contributed by atoms with Gasteiger partial charge in [-0.2, -0.15) is 0 Å². The van der Waals surface area contributed by atoms with Crippen LogP contribution in [0.25, 0.3) is 22.3 Å². The third-order valence-corrected chi connectivity index (χ3v) is 10.2. The van der Waals surface area contributed by atoms with Crippen LogP contribution >= 0.6 is 0 Å². The lowest BCUT2D eigenvalue weighted by Gasteiger charge is -2.32. The average molecular weight is 637 g/mol. The van der Waals surface area contributed by atoms with Crippen molar-refractivity contribution in [2.45, 2.75) is 64.1 Å². The summed E-state index contributed by atoms with van der Waals surface area (Å²) in [5.41, 5.74) is 1.83. The average Bonchev–Trinajstić information content (AvgIpc) is 3.71. The Hall–Kier alpha value is -3.74. The van der Waals surface area contributed by atoms with Crippen LogP contribution in [-0.4, -0.2) is 45.4 Å². The van der Waals surface area contributed by atoms with Gasteiger partial charge in [-0.05, 0) is 106 Å². The maximum absolute atomic E-state index is 15.1. The van der Waals surface area contributed by atoms with E-state index in [1.54, 1.807) is 24.3 Å². The first kappa shape index (κ1) is 31.3. The number of nitrogens with one attached hydrogen (secondary N) is 2. The fraction of sp³-hybridized carbons (Fsp3) is 0.364. The summed E-state index contributed by atoms with van der Waals surface area (Å²) in [5.74, 6) is -1.33. The molecule has 1 aliphatic heterocycles. The first-order valence-electron chi connectivity index (χ1n) is 14.9. The summed E-state index contributed by atoms with van der Waals surface area (Å²) in [6.45, 7) is 7.66. The van der Waals surface area contributed by atoms with E-state index in [1.165, 1.54) is 37.4 Å². The highest BCUT2D eigenvalue weighted by Crippen LogP contribution is 2.47. The fourth-order valence-corrected chi connectivity index (χ4v) is 6.59. The molecule has 2 heterocycles. The van der Waals surface area contributed by atoms with Crippen LogP contribution in [0.2, 0.25) is 0 Å². The summed E-state index contributed by atoms with van der Waals surface area (Å²) in [5, 5.41) is 3.16. The zero-order valence-electron chi connectivity index (χ0n) is 25.8. The van der Waals surface area contributed by atoms with Crippen molar-refractivity contribution in [3.8, 4) is 11.3 Å². The Morgan fingerprint density at radius 3 is 2.24 bits per heavy atom. The highest BCUT2D eigenvalue weighted by Gasteiger charge is 2.51. The summed E-state index contributed by atoms with van der Waals surface area (Å²) in [7, 11) is -3.13. The number of carbonyl (C=O) groups is 1. The van der Waals surface area contributed by atoms with Crippen molar-refractivity contribution in [3.05, 3.63) is 82.9 Å². The minimum atomic E-state index is -3.91. The van der Waals surface area contributed by atoms with E-state index in [9.17, 15) is 17.6 Å². The van der Waals surface area contributed by atoms with Crippen molar-refractivity contribution in [3.63, 3.8) is 0 Å². The normalized spacial score (nSPS) is 17.5. The van der Waals surface area contributed by atoms with Crippen molar-refractivity contribution in [2.24, 2.45) is 0 Å². The van der Waals surface area contributed by atoms with Gasteiger partial charge in [0.2, 0.25) is 10.0 Å². The molecule has 1 saturated carbocycles. The number of furan rings is 1. The lowest BCUT2D eigenvalue weighted by molar-refractivity contribution is 0.00578. The summed E-state index contributed by atoms with van der Waals surface area (Å²) in [6, 6.07) is 13.6. The maximum atomic E-state index is 15.1. The molecule has 45 heavy (non-hydrogen) atoms. The van der Waals surface area contributed by atoms with E-state index < -0.39 is 40.0 Å². The van der Waals surface area contributed by atoms with Gasteiger partial charge < -0.3 is 19.0 Å².